The summed E-state index contributed by atoms with van der Waals surface area (Å²) >= 11 is 18.6. The average Bonchev–Trinajstić information content (AvgIpc) is 3.16. The third-order valence-electron chi connectivity index (χ3n) is 5.63. The van der Waals surface area contributed by atoms with Crippen LogP contribution in [0.25, 0.3) is 11.0 Å². The van der Waals surface area contributed by atoms with Gasteiger partial charge in [-0.3, -0.25) is 9.59 Å². The number of anilines is 3. The van der Waals surface area contributed by atoms with Crippen LogP contribution in [0.3, 0.4) is 0 Å². The van der Waals surface area contributed by atoms with Crippen molar-refractivity contribution in [3.63, 3.8) is 0 Å². The second kappa shape index (κ2) is 11.0. The summed E-state index contributed by atoms with van der Waals surface area (Å²) in [6, 6.07) is 9.45. The molecule has 3 aromatic carbocycles. The number of imidazole rings is 1. The van der Waals surface area contributed by atoms with Gasteiger partial charge in [0.2, 0.25) is 11.9 Å². The van der Waals surface area contributed by atoms with Crippen molar-refractivity contribution in [1.82, 2.24) is 14.9 Å². The molecule has 0 bridgehead atoms. The molecule has 0 atom stereocenters. The van der Waals surface area contributed by atoms with E-state index in [1.54, 1.807) is 30.7 Å². The predicted octanol–water partition coefficient (Wildman–Crippen LogP) is 7.00. The van der Waals surface area contributed by atoms with E-state index >= 15 is 0 Å². The lowest BCUT2D eigenvalue weighted by Crippen LogP contribution is -2.23. The normalized spacial score (nSPS) is 10.9. The van der Waals surface area contributed by atoms with Crippen molar-refractivity contribution in [2.24, 2.45) is 7.05 Å². The van der Waals surface area contributed by atoms with E-state index in [1.165, 1.54) is 18.2 Å². The zero-order chi connectivity index (χ0) is 27.7. The van der Waals surface area contributed by atoms with Gasteiger partial charge in [-0.25, -0.2) is 13.8 Å². The molecule has 196 valence electrons. The summed E-state index contributed by atoms with van der Waals surface area (Å²) in [6.45, 7) is 5.33. The Kier molecular flexibility index (Phi) is 7.91. The number of benzene rings is 3. The Morgan fingerprint density at radius 3 is 2.42 bits per heavy atom. The number of aryl methyl sites for hydroxylation is 1. The van der Waals surface area contributed by atoms with Crippen LogP contribution in [0.15, 0.2) is 54.6 Å². The average molecular weight is 579 g/mol. The number of fused-ring (bicyclic) bond motifs is 1. The molecule has 0 spiro atoms. The number of halogens is 5. The van der Waals surface area contributed by atoms with E-state index in [4.69, 9.17) is 34.8 Å². The fourth-order valence-corrected chi connectivity index (χ4v) is 4.21. The summed E-state index contributed by atoms with van der Waals surface area (Å²) < 4.78 is 30.2. The maximum atomic E-state index is 14.9. The summed E-state index contributed by atoms with van der Waals surface area (Å²) in [5.41, 5.74) is 1.80. The van der Waals surface area contributed by atoms with Gasteiger partial charge in [0.15, 0.2) is 0 Å². The van der Waals surface area contributed by atoms with Gasteiger partial charge in [-0.05, 0) is 42.8 Å². The first-order valence-electron chi connectivity index (χ1n) is 11.1. The van der Waals surface area contributed by atoms with Gasteiger partial charge in [-0.15, -0.1) is 0 Å². The molecule has 0 unspecified atom stereocenters. The van der Waals surface area contributed by atoms with E-state index in [1.807, 2.05) is 0 Å². The number of hydrogen-bond acceptors (Lipinski definition) is 4. The summed E-state index contributed by atoms with van der Waals surface area (Å²) in [4.78, 5) is 29.0. The molecule has 38 heavy (non-hydrogen) atoms. The zero-order valence-corrected chi connectivity index (χ0v) is 22.3. The summed E-state index contributed by atoms with van der Waals surface area (Å²) in [5.74, 6) is -2.36. The first-order valence-corrected chi connectivity index (χ1v) is 12.2. The minimum absolute atomic E-state index is 0.105. The lowest BCUT2D eigenvalue weighted by molar-refractivity contribution is -0.117. The smallest absolute Gasteiger partial charge is 0.258 e. The van der Waals surface area contributed by atoms with Crippen molar-refractivity contribution in [2.75, 3.05) is 10.6 Å². The van der Waals surface area contributed by atoms with Crippen molar-refractivity contribution < 1.29 is 18.4 Å². The van der Waals surface area contributed by atoms with Crippen LogP contribution < -0.4 is 16.0 Å². The van der Waals surface area contributed by atoms with Crippen molar-refractivity contribution in [1.29, 1.82) is 0 Å². The molecular formula is C26H20Cl3F2N5O2. The third kappa shape index (κ3) is 5.60. The van der Waals surface area contributed by atoms with Crippen molar-refractivity contribution in [3.05, 3.63) is 92.4 Å². The molecule has 2 amide bonds. The number of hydrogen-bond donors (Lipinski definition) is 3. The number of amides is 2. The third-order valence-corrected chi connectivity index (χ3v) is 6.68. The molecule has 0 saturated heterocycles. The van der Waals surface area contributed by atoms with E-state index in [-0.39, 0.29) is 39.7 Å². The highest BCUT2D eigenvalue weighted by Crippen LogP contribution is 2.36. The Morgan fingerprint density at radius 1 is 1.03 bits per heavy atom. The Hall–Kier alpha value is -3.66. The number of aromatic nitrogens is 2. The van der Waals surface area contributed by atoms with Gasteiger partial charge in [0.25, 0.3) is 5.91 Å². The number of carbonyl (C=O) groups excluding carboxylic acids is 2. The van der Waals surface area contributed by atoms with Crippen molar-refractivity contribution >= 4 is 75.0 Å². The molecule has 4 aromatic rings. The van der Waals surface area contributed by atoms with Gasteiger partial charge in [-0.2, -0.15) is 0 Å². The van der Waals surface area contributed by atoms with Crippen LogP contribution in [0, 0.1) is 11.6 Å². The lowest BCUT2D eigenvalue weighted by atomic mass is 10.1. The highest BCUT2D eigenvalue weighted by Gasteiger charge is 2.19. The first-order chi connectivity index (χ1) is 18.0. The zero-order valence-electron chi connectivity index (χ0n) is 20.1. The molecule has 0 aliphatic heterocycles. The largest absolute Gasteiger partial charge is 0.348 e. The molecule has 0 aliphatic carbocycles. The quantitative estimate of drug-likeness (QED) is 0.206. The minimum atomic E-state index is -0.801. The highest BCUT2D eigenvalue weighted by atomic mass is 35.5. The number of carbonyl (C=O) groups is 2. The Labute approximate surface area is 231 Å². The van der Waals surface area contributed by atoms with Crippen LogP contribution in [-0.2, 0) is 18.4 Å². The highest BCUT2D eigenvalue weighted by molar-refractivity contribution is 6.39. The number of rotatable bonds is 7. The number of nitrogens with one attached hydrogen (secondary N) is 3. The molecule has 1 heterocycles. The van der Waals surface area contributed by atoms with Crippen LogP contribution >= 0.6 is 34.8 Å². The fraction of sp³-hybridized carbons (Fsp3) is 0.115. The van der Waals surface area contributed by atoms with Crippen molar-refractivity contribution in [2.45, 2.75) is 13.5 Å². The Morgan fingerprint density at radius 2 is 1.74 bits per heavy atom. The molecule has 1 aromatic heterocycles. The molecule has 0 radical (unpaired) electrons. The topological polar surface area (TPSA) is 88.1 Å². The van der Waals surface area contributed by atoms with Crippen molar-refractivity contribution in [3.8, 4) is 0 Å². The first kappa shape index (κ1) is 27.4. The van der Waals surface area contributed by atoms with Crippen LogP contribution in [0.2, 0.25) is 15.1 Å². The van der Waals surface area contributed by atoms with Gasteiger partial charge >= 0.3 is 0 Å². The molecule has 0 saturated carbocycles. The SMILES string of the molecule is C=C(C)C(=O)NCc1ccc(Cl)c(Nc2nc3cc(C(=O)Nc4ccc(Cl)c(F)c4)c(F)cc3n2C)c1Cl. The molecule has 12 heteroatoms. The molecule has 4 rings (SSSR count). The molecule has 0 aliphatic rings. The number of nitrogens with zero attached hydrogens (tertiary/aromatic N) is 2. The van der Waals surface area contributed by atoms with Gasteiger partial charge in [0.1, 0.15) is 11.6 Å². The van der Waals surface area contributed by atoms with Gasteiger partial charge < -0.3 is 20.5 Å². The molecule has 0 fully saturated rings. The standard InChI is InChI=1S/C26H20Cl3F2N5O2/c1-12(2)24(37)32-11-13-4-6-17(28)23(22(13)29)35-26-34-20-9-15(18(30)10-21(20)36(26)3)25(38)33-14-5-7-16(27)19(31)8-14/h4-10H,1,11H2,2-3H3,(H,32,37)(H,33,38)(H,34,35). The predicted molar refractivity (Wildman–Crippen MR) is 146 cm³/mol. The van der Waals surface area contributed by atoms with Crippen LogP contribution in [-0.4, -0.2) is 21.4 Å². The monoisotopic (exact) mass is 577 g/mol. The summed E-state index contributed by atoms with van der Waals surface area (Å²) in [5, 5.41) is 8.64. The van der Waals surface area contributed by atoms with E-state index in [2.05, 4.69) is 27.5 Å². The second-order valence-corrected chi connectivity index (χ2v) is 9.57. The Balaban J connectivity index is 1.63. The van der Waals surface area contributed by atoms with E-state index in [0.717, 1.165) is 12.1 Å². The maximum Gasteiger partial charge on any atom is 0.258 e. The Bertz CT molecular complexity index is 1620. The van der Waals surface area contributed by atoms with E-state index < -0.39 is 17.5 Å². The molecular weight excluding hydrogens is 559 g/mol. The molecule has 7 nitrogen and oxygen atoms in total. The van der Waals surface area contributed by atoms with Crippen LogP contribution in [0.4, 0.5) is 26.1 Å². The summed E-state index contributed by atoms with van der Waals surface area (Å²) in [6.07, 6.45) is 0. The minimum Gasteiger partial charge on any atom is -0.348 e. The fourth-order valence-electron chi connectivity index (χ4n) is 3.56. The van der Waals surface area contributed by atoms with Gasteiger partial charge in [-0.1, -0.05) is 47.4 Å². The van der Waals surface area contributed by atoms with Gasteiger partial charge in [0.05, 0.1) is 37.4 Å². The van der Waals surface area contributed by atoms with Crippen LogP contribution in [0.5, 0.6) is 0 Å². The van der Waals surface area contributed by atoms with E-state index in [0.29, 0.717) is 32.9 Å². The van der Waals surface area contributed by atoms with E-state index in [9.17, 15) is 18.4 Å². The van der Waals surface area contributed by atoms with Gasteiger partial charge in [0, 0.05) is 30.9 Å². The lowest BCUT2D eigenvalue weighted by Gasteiger charge is -2.14. The summed E-state index contributed by atoms with van der Waals surface area (Å²) in [7, 11) is 1.64. The maximum absolute atomic E-state index is 14.9. The molecule has 3 N–H and O–H groups in total. The van der Waals surface area contributed by atoms with Crippen LogP contribution in [0.1, 0.15) is 22.8 Å². The second-order valence-electron chi connectivity index (χ2n) is 8.38.